The summed E-state index contributed by atoms with van der Waals surface area (Å²) in [7, 11) is 0. The number of carbonyl (C=O) groups excluding carboxylic acids is 1. The van der Waals surface area contributed by atoms with Crippen molar-refractivity contribution in [3.8, 4) is 5.75 Å². The van der Waals surface area contributed by atoms with E-state index in [2.05, 4.69) is 35.3 Å². The second-order valence-electron chi connectivity index (χ2n) is 9.86. The summed E-state index contributed by atoms with van der Waals surface area (Å²) in [5.74, 6) is 3.08. The minimum Gasteiger partial charge on any atom is -0.493 e. The van der Waals surface area contributed by atoms with E-state index in [1.54, 1.807) is 5.56 Å². The molecule has 1 aromatic rings. The molecule has 1 N–H and O–H groups in total. The van der Waals surface area contributed by atoms with Crippen molar-refractivity contribution in [1.29, 1.82) is 0 Å². The van der Waals surface area contributed by atoms with Crippen LogP contribution < -0.4 is 10.1 Å². The maximum Gasteiger partial charge on any atom is 0.223 e. The highest BCUT2D eigenvalue weighted by molar-refractivity contribution is 5.78. The molecule has 4 nitrogen and oxygen atoms in total. The molecule has 4 heteroatoms. The molecule has 1 aliphatic carbocycles. The number of rotatable bonds is 7. The second-order valence-corrected chi connectivity index (χ2v) is 9.86. The van der Waals surface area contributed by atoms with Crippen molar-refractivity contribution >= 4 is 5.91 Å². The Balaban J connectivity index is 1.16. The first-order valence-electron chi connectivity index (χ1n) is 12.4. The third-order valence-electron chi connectivity index (χ3n) is 7.91. The van der Waals surface area contributed by atoms with Crippen molar-refractivity contribution < 1.29 is 9.53 Å². The molecule has 2 aliphatic heterocycles. The highest BCUT2D eigenvalue weighted by Crippen LogP contribution is 2.37. The zero-order valence-electron chi connectivity index (χ0n) is 19.0. The zero-order chi connectivity index (χ0) is 20.9. The molecule has 1 saturated carbocycles. The molecule has 1 amide bonds. The minimum atomic E-state index is 0.148. The van der Waals surface area contributed by atoms with Crippen molar-refractivity contribution in [3.05, 3.63) is 29.3 Å². The Kier molecular flexibility index (Phi) is 7.35. The number of nitrogens with one attached hydrogen (secondary N) is 1. The highest BCUT2D eigenvalue weighted by Gasteiger charge is 2.27. The van der Waals surface area contributed by atoms with Crippen LogP contribution in [0, 0.1) is 11.8 Å². The number of benzene rings is 1. The third-order valence-corrected chi connectivity index (χ3v) is 7.91. The SMILES string of the molecule is CC[C@H](C)C(=O)NC1CCC(CCN2CCC(c3cccc4c3CCO4)CC2)CC1. The largest absolute Gasteiger partial charge is 0.493 e. The summed E-state index contributed by atoms with van der Waals surface area (Å²) in [4.78, 5) is 14.8. The summed E-state index contributed by atoms with van der Waals surface area (Å²) < 4.78 is 5.77. The Bertz CT molecular complexity index is 703. The van der Waals surface area contributed by atoms with E-state index >= 15 is 0 Å². The van der Waals surface area contributed by atoms with E-state index in [1.165, 1.54) is 57.3 Å². The van der Waals surface area contributed by atoms with Crippen LogP contribution >= 0.6 is 0 Å². The van der Waals surface area contributed by atoms with E-state index in [0.29, 0.717) is 12.0 Å². The first kappa shape index (κ1) is 21.7. The van der Waals surface area contributed by atoms with Gasteiger partial charge in [-0.1, -0.05) is 26.0 Å². The lowest BCUT2D eigenvalue weighted by Gasteiger charge is -2.35. The van der Waals surface area contributed by atoms with Gasteiger partial charge < -0.3 is 15.0 Å². The van der Waals surface area contributed by atoms with Crippen LogP contribution in [-0.2, 0) is 11.2 Å². The summed E-state index contributed by atoms with van der Waals surface area (Å²) in [6.07, 6.45) is 10.8. The van der Waals surface area contributed by atoms with Crippen LogP contribution in [0.25, 0.3) is 0 Å². The zero-order valence-corrected chi connectivity index (χ0v) is 19.0. The minimum absolute atomic E-state index is 0.148. The van der Waals surface area contributed by atoms with Gasteiger partial charge in [0.15, 0.2) is 0 Å². The molecule has 0 unspecified atom stereocenters. The molecule has 2 fully saturated rings. The number of fused-ring (bicyclic) bond motifs is 1. The number of likely N-dealkylation sites (tertiary alicyclic amines) is 1. The number of hydrogen-bond donors (Lipinski definition) is 1. The van der Waals surface area contributed by atoms with Gasteiger partial charge in [-0.15, -0.1) is 0 Å². The van der Waals surface area contributed by atoms with Crippen molar-refractivity contribution in [3.63, 3.8) is 0 Å². The molecule has 30 heavy (non-hydrogen) atoms. The third kappa shape index (κ3) is 5.19. The smallest absolute Gasteiger partial charge is 0.223 e. The number of ether oxygens (including phenoxy) is 1. The Hall–Kier alpha value is -1.55. The van der Waals surface area contributed by atoms with Crippen LogP contribution in [0.5, 0.6) is 5.75 Å². The van der Waals surface area contributed by atoms with Crippen molar-refractivity contribution in [2.75, 3.05) is 26.2 Å². The standard InChI is InChI=1S/C26H40N2O2/c1-3-19(2)26(29)27-22-9-7-20(8-10-22)11-15-28-16-12-21(13-17-28)23-5-4-6-25-24(23)14-18-30-25/h4-6,19-22H,3,7-18H2,1-2H3,(H,27,29)/t19-,20?,22?/m0/s1. The Labute approximate surface area is 182 Å². The lowest BCUT2D eigenvalue weighted by molar-refractivity contribution is -0.125. The molecule has 1 atom stereocenters. The van der Waals surface area contributed by atoms with E-state index in [1.807, 2.05) is 6.92 Å². The van der Waals surface area contributed by atoms with Gasteiger partial charge in [-0.05, 0) is 94.5 Å². The lowest BCUT2D eigenvalue weighted by atomic mass is 9.83. The van der Waals surface area contributed by atoms with Crippen molar-refractivity contribution in [2.45, 2.75) is 83.6 Å². The van der Waals surface area contributed by atoms with Gasteiger partial charge in [0.2, 0.25) is 5.91 Å². The molecule has 1 saturated heterocycles. The topological polar surface area (TPSA) is 41.6 Å². The Morgan fingerprint density at radius 2 is 1.93 bits per heavy atom. The fourth-order valence-corrected chi connectivity index (χ4v) is 5.59. The maximum atomic E-state index is 12.1. The molecule has 0 radical (unpaired) electrons. The van der Waals surface area contributed by atoms with Crippen LogP contribution in [0.2, 0.25) is 0 Å². The molecule has 166 valence electrons. The van der Waals surface area contributed by atoms with Crippen LogP contribution in [0.15, 0.2) is 18.2 Å². The monoisotopic (exact) mass is 412 g/mol. The molecule has 0 bridgehead atoms. The molecular weight excluding hydrogens is 372 g/mol. The predicted molar refractivity (Wildman–Crippen MR) is 122 cm³/mol. The summed E-state index contributed by atoms with van der Waals surface area (Å²) in [5.41, 5.74) is 3.04. The summed E-state index contributed by atoms with van der Waals surface area (Å²) in [6, 6.07) is 7.06. The summed E-state index contributed by atoms with van der Waals surface area (Å²) in [5, 5.41) is 3.28. The number of hydrogen-bond acceptors (Lipinski definition) is 3. The van der Waals surface area contributed by atoms with Gasteiger partial charge in [0.05, 0.1) is 6.61 Å². The Morgan fingerprint density at radius 3 is 2.67 bits per heavy atom. The van der Waals surface area contributed by atoms with E-state index in [9.17, 15) is 4.79 Å². The molecule has 3 aliphatic rings. The van der Waals surface area contributed by atoms with Gasteiger partial charge in [0, 0.05) is 23.9 Å². The van der Waals surface area contributed by atoms with Gasteiger partial charge >= 0.3 is 0 Å². The summed E-state index contributed by atoms with van der Waals surface area (Å²) >= 11 is 0. The number of piperidine rings is 1. The first-order valence-corrected chi connectivity index (χ1v) is 12.4. The molecule has 2 heterocycles. The predicted octanol–water partition coefficient (Wildman–Crippen LogP) is 4.91. The normalized spacial score (nSPS) is 26.1. The van der Waals surface area contributed by atoms with E-state index in [4.69, 9.17) is 4.74 Å². The van der Waals surface area contributed by atoms with E-state index in [-0.39, 0.29) is 11.8 Å². The van der Waals surface area contributed by atoms with Crippen molar-refractivity contribution in [2.24, 2.45) is 11.8 Å². The quantitative estimate of drug-likeness (QED) is 0.692. The molecule has 1 aromatic carbocycles. The van der Waals surface area contributed by atoms with E-state index in [0.717, 1.165) is 44.0 Å². The molecular formula is C26H40N2O2. The molecule has 4 rings (SSSR count). The van der Waals surface area contributed by atoms with Gasteiger partial charge in [-0.3, -0.25) is 4.79 Å². The average molecular weight is 413 g/mol. The van der Waals surface area contributed by atoms with Crippen molar-refractivity contribution in [1.82, 2.24) is 10.2 Å². The Morgan fingerprint density at radius 1 is 1.17 bits per heavy atom. The fourth-order valence-electron chi connectivity index (χ4n) is 5.59. The highest BCUT2D eigenvalue weighted by atomic mass is 16.5. The molecule has 0 aromatic heterocycles. The number of amides is 1. The lowest BCUT2D eigenvalue weighted by Crippen LogP contribution is -2.40. The van der Waals surface area contributed by atoms with Crippen LogP contribution in [-0.4, -0.2) is 43.1 Å². The number of nitrogens with zero attached hydrogens (tertiary/aromatic N) is 1. The van der Waals surface area contributed by atoms with Crippen LogP contribution in [0.1, 0.15) is 82.3 Å². The first-order chi connectivity index (χ1) is 14.6. The van der Waals surface area contributed by atoms with Gasteiger partial charge in [0.1, 0.15) is 5.75 Å². The van der Waals surface area contributed by atoms with E-state index < -0.39 is 0 Å². The van der Waals surface area contributed by atoms with Crippen LogP contribution in [0.4, 0.5) is 0 Å². The molecule has 0 spiro atoms. The number of carbonyl (C=O) groups is 1. The second kappa shape index (κ2) is 10.2. The average Bonchev–Trinajstić information content (AvgIpc) is 3.27. The van der Waals surface area contributed by atoms with Gasteiger partial charge in [-0.25, -0.2) is 0 Å². The summed E-state index contributed by atoms with van der Waals surface area (Å²) in [6.45, 7) is 8.69. The fraction of sp³-hybridized carbons (Fsp3) is 0.731. The van der Waals surface area contributed by atoms with Gasteiger partial charge in [0.25, 0.3) is 0 Å². The van der Waals surface area contributed by atoms with Crippen LogP contribution in [0.3, 0.4) is 0 Å². The maximum absolute atomic E-state index is 12.1. The van der Waals surface area contributed by atoms with Gasteiger partial charge in [-0.2, -0.15) is 0 Å².